The van der Waals surface area contributed by atoms with Crippen molar-refractivity contribution in [2.75, 3.05) is 42.9 Å². The highest BCUT2D eigenvalue weighted by atomic mass is 32.2. The van der Waals surface area contributed by atoms with E-state index >= 15 is 0 Å². The number of aromatic nitrogens is 1. The minimum Gasteiger partial charge on any atom is -0.495 e. The van der Waals surface area contributed by atoms with Crippen LogP contribution in [0.1, 0.15) is 15.4 Å². The van der Waals surface area contributed by atoms with Crippen LogP contribution in [-0.4, -0.2) is 57.5 Å². The lowest BCUT2D eigenvalue weighted by Crippen LogP contribution is -2.48. The van der Waals surface area contributed by atoms with E-state index in [1.165, 1.54) is 12.1 Å². The van der Waals surface area contributed by atoms with Crippen LogP contribution in [0.25, 0.3) is 0 Å². The predicted octanol–water partition coefficient (Wildman–Crippen LogP) is 3.22. The van der Waals surface area contributed by atoms with Gasteiger partial charge < -0.3 is 14.5 Å². The summed E-state index contributed by atoms with van der Waals surface area (Å²) < 4.78 is 33.1. The third-order valence-corrected chi connectivity index (χ3v) is 7.80. The molecule has 1 aromatic heterocycles. The number of aryl methyl sites for hydroxylation is 1. The summed E-state index contributed by atoms with van der Waals surface area (Å²) in [6.45, 7) is 4.18. The first kappa shape index (κ1) is 22.1. The van der Waals surface area contributed by atoms with E-state index in [4.69, 9.17) is 4.74 Å². The Kier molecular flexibility index (Phi) is 6.33. The number of piperazine rings is 1. The lowest BCUT2D eigenvalue weighted by molar-refractivity contribution is 0.0750. The second-order valence-electron chi connectivity index (χ2n) is 7.30. The third-order valence-electron chi connectivity index (χ3n) is 5.26. The Balaban J connectivity index is 1.44. The minimum atomic E-state index is -3.76. The van der Waals surface area contributed by atoms with Gasteiger partial charge in [-0.05, 0) is 31.2 Å². The number of anilines is 2. The van der Waals surface area contributed by atoms with Crippen LogP contribution < -0.4 is 14.4 Å². The van der Waals surface area contributed by atoms with Gasteiger partial charge in [-0.1, -0.05) is 41.7 Å². The zero-order valence-corrected chi connectivity index (χ0v) is 19.4. The number of carbonyl (C=O) groups is 1. The van der Waals surface area contributed by atoms with Gasteiger partial charge in [0, 0.05) is 26.2 Å². The average molecular weight is 473 g/mol. The van der Waals surface area contributed by atoms with Crippen LogP contribution >= 0.6 is 11.3 Å². The molecular weight excluding hydrogens is 448 g/mol. The quantitative estimate of drug-likeness (QED) is 0.592. The largest absolute Gasteiger partial charge is 0.495 e. The maximum Gasteiger partial charge on any atom is 0.266 e. The van der Waals surface area contributed by atoms with Crippen molar-refractivity contribution in [2.45, 2.75) is 11.8 Å². The molecule has 2 aromatic carbocycles. The zero-order chi connectivity index (χ0) is 22.7. The molecule has 0 atom stereocenters. The number of hydrogen-bond acceptors (Lipinski definition) is 7. The number of nitrogens with zero attached hydrogens (tertiary/aromatic N) is 3. The van der Waals surface area contributed by atoms with E-state index in [0.29, 0.717) is 36.8 Å². The lowest BCUT2D eigenvalue weighted by Gasteiger charge is -2.36. The van der Waals surface area contributed by atoms with Gasteiger partial charge in [0.2, 0.25) is 0 Å². The SMILES string of the molecule is COc1ccccc1N1CCN(C(=O)c2sc(NS(=O)(=O)c3ccccc3)nc2C)CC1. The molecule has 0 spiro atoms. The Morgan fingerprint density at radius 1 is 1.03 bits per heavy atom. The summed E-state index contributed by atoms with van der Waals surface area (Å²) in [5.74, 6) is 0.672. The van der Waals surface area contributed by atoms with E-state index in [2.05, 4.69) is 14.6 Å². The molecule has 0 unspecified atom stereocenters. The fraction of sp³-hybridized carbons (Fsp3) is 0.273. The molecule has 1 fully saturated rings. The van der Waals surface area contributed by atoms with Gasteiger partial charge in [0.25, 0.3) is 15.9 Å². The monoisotopic (exact) mass is 472 g/mol. The Hall–Kier alpha value is -3.11. The molecule has 2 heterocycles. The number of benzene rings is 2. The smallest absolute Gasteiger partial charge is 0.266 e. The summed E-state index contributed by atoms with van der Waals surface area (Å²) in [6, 6.07) is 15.9. The zero-order valence-electron chi connectivity index (χ0n) is 17.8. The molecule has 1 amide bonds. The Morgan fingerprint density at radius 2 is 1.69 bits per heavy atom. The highest BCUT2D eigenvalue weighted by Crippen LogP contribution is 2.30. The number of sulfonamides is 1. The molecule has 0 aliphatic carbocycles. The van der Waals surface area contributed by atoms with Crippen molar-refractivity contribution in [1.82, 2.24) is 9.88 Å². The van der Waals surface area contributed by atoms with Crippen LogP contribution in [-0.2, 0) is 10.0 Å². The number of carbonyl (C=O) groups excluding carboxylic acids is 1. The molecule has 1 N–H and O–H groups in total. The molecule has 0 bridgehead atoms. The summed E-state index contributed by atoms with van der Waals surface area (Å²) in [6.07, 6.45) is 0. The highest BCUT2D eigenvalue weighted by molar-refractivity contribution is 7.93. The number of amides is 1. The fourth-order valence-electron chi connectivity index (χ4n) is 3.60. The summed E-state index contributed by atoms with van der Waals surface area (Å²) in [7, 11) is -2.11. The minimum absolute atomic E-state index is 0.134. The molecule has 168 valence electrons. The molecule has 32 heavy (non-hydrogen) atoms. The molecule has 1 saturated heterocycles. The van der Waals surface area contributed by atoms with Gasteiger partial charge in [-0.15, -0.1) is 0 Å². The first-order valence-electron chi connectivity index (χ1n) is 10.1. The van der Waals surface area contributed by atoms with Crippen LogP contribution in [0.3, 0.4) is 0 Å². The van der Waals surface area contributed by atoms with Gasteiger partial charge in [0.15, 0.2) is 5.13 Å². The summed E-state index contributed by atoms with van der Waals surface area (Å²) >= 11 is 1.06. The van der Waals surface area contributed by atoms with Crippen molar-refractivity contribution in [2.24, 2.45) is 0 Å². The molecule has 1 aliphatic rings. The summed E-state index contributed by atoms with van der Waals surface area (Å²) in [5.41, 5.74) is 1.52. The highest BCUT2D eigenvalue weighted by Gasteiger charge is 2.27. The Labute approximate surface area is 191 Å². The van der Waals surface area contributed by atoms with Gasteiger partial charge in [-0.3, -0.25) is 9.52 Å². The summed E-state index contributed by atoms with van der Waals surface area (Å²) in [5, 5.41) is 0.183. The number of hydrogen-bond donors (Lipinski definition) is 1. The number of thiazole rings is 1. The van der Waals surface area contributed by atoms with Gasteiger partial charge in [-0.2, -0.15) is 0 Å². The fourth-order valence-corrected chi connectivity index (χ4v) is 5.79. The van der Waals surface area contributed by atoms with Crippen molar-refractivity contribution in [1.29, 1.82) is 0 Å². The van der Waals surface area contributed by atoms with Crippen LogP contribution in [0, 0.1) is 6.92 Å². The summed E-state index contributed by atoms with van der Waals surface area (Å²) in [4.78, 5) is 22.0. The van der Waals surface area contributed by atoms with Crippen molar-refractivity contribution < 1.29 is 17.9 Å². The maximum absolute atomic E-state index is 13.1. The van der Waals surface area contributed by atoms with Gasteiger partial charge >= 0.3 is 0 Å². The Morgan fingerprint density at radius 3 is 2.38 bits per heavy atom. The van der Waals surface area contributed by atoms with E-state index in [-0.39, 0.29) is 15.9 Å². The number of methoxy groups -OCH3 is 1. The molecule has 10 heteroatoms. The lowest BCUT2D eigenvalue weighted by atomic mass is 10.2. The van der Waals surface area contributed by atoms with Crippen LogP contribution in [0.2, 0.25) is 0 Å². The van der Waals surface area contributed by atoms with E-state index in [1.54, 1.807) is 37.1 Å². The molecule has 8 nitrogen and oxygen atoms in total. The van der Waals surface area contributed by atoms with Crippen LogP contribution in [0.5, 0.6) is 5.75 Å². The molecule has 3 aromatic rings. The van der Waals surface area contributed by atoms with Crippen molar-refractivity contribution >= 4 is 38.1 Å². The normalized spacial score (nSPS) is 14.3. The van der Waals surface area contributed by atoms with Crippen molar-refractivity contribution in [3.8, 4) is 5.75 Å². The van der Waals surface area contributed by atoms with E-state index in [1.807, 2.05) is 24.3 Å². The predicted molar refractivity (Wildman–Crippen MR) is 125 cm³/mol. The second kappa shape index (κ2) is 9.17. The van der Waals surface area contributed by atoms with E-state index < -0.39 is 10.0 Å². The average Bonchev–Trinajstić information content (AvgIpc) is 3.18. The Bertz CT molecular complexity index is 1200. The van der Waals surface area contributed by atoms with Gasteiger partial charge in [0.1, 0.15) is 10.6 Å². The van der Waals surface area contributed by atoms with Crippen molar-refractivity contribution in [3.63, 3.8) is 0 Å². The number of ether oxygens (including phenoxy) is 1. The maximum atomic E-state index is 13.1. The topological polar surface area (TPSA) is 91.8 Å². The molecular formula is C22H24N4O4S2. The second-order valence-corrected chi connectivity index (χ2v) is 9.98. The van der Waals surface area contributed by atoms with Crippen LogP contribution in [0.4, 0.5) is 10.8 Å². The molecule has 4 rings (SSSR count). The van der Waals surface area contributed by atoms with E-state index in [0.717, 1.165) is 22.8 Å². The standard InChI is InChI=1S/C22H24N4O4S2/c1-16-20(31-22(23-16)24-32(28,29)17-8-4-3-5-9-17)21(27)26-14-12-25(13-15-26)18-10-6-7-11-19(18)30-2/h3-11H,12-15H2,1-2H3,(H,23,24). The molecule has 0 saturated carbocycles. The first-order valence-corrected chi connectivity index (χ1v) is 12.4. The number of para-hydroxylation sites is 2. The van der Waals surface area contributed by atoms with E-state index in [9.17, 15) is 13.2 Å². The number of nitrogens with one attached hydrogen (secondary N) is 1. The van der Waals surface area contributed by atoms with Crippen LogP contribution in [0.15, 0.2) is 59.5 Å². The molecule has 0 radical (unpaired) electrons. The number of rotatable bonds is 6. The van der Waals surface area contributed by atoms with Crippen molar-refractivity contribution in [3.05, 3.63) is 65.2 Å². The van der Waals surface area contributed by atoms with Gasteiger partial charge in [0.05, 0.1) is 23.4 Å². The first-order chi connectivity index (χ1) is 15.4. The molecule has 1 aliphatic heterocycles. The van der Waals surface area contributed by atoms with Gasteiger partial charge in [-0.25, -0.2) is 13.4 Å². The third kappa shape index (κ3) is 4.56.